The summed E-state index contributed by atoms with van der Waals surface area (Å²) in [4.78, 5) is 31.3. The first-order chi connectivity index (χ1) is 15.0. The fourth-order valence-corrected chi connectivity index (χ4v) is 3.41. The van der Waals surface area contributed by atoms with Gasteiger partial charge < -0.3 is 20.0 Å². The Labute approximate surface area is 178 Å². The minimum atomic E-state index is -1.21. The van der Waals surface area contributed by atoms with Crippen LogP contribution in [-0.4, -0.2) is 37.4 Å². The van der Waals surface area contributed by atoms with Crippen molar-refractivity contribution in [3.63, 3.8) is 0 Å². The molecule has 1 aliphatic rings. The first-order valence-corrected chi connectivity index (χ1v) is 9.81. The van der Waals surface area contributed by atoms with E-state index in [9.17, 15) is 14.0 Å². The monoisotopic (exact) mass is 420 g/mol. The average molecular weight is 420 g/mol. The van der Waals surface area contributed by atoms with Crippen LogP contribution >= 0.6 is 0 Å². The number of para-hydroxylation sites is 1. The predicted octanol–water partition coefficient (Wildman–Crippen LogP) is 3.10. The van der Waals surface area contributed by atoms with Gasteiger partial charge in [0.2, 0.25) is 6.17 Å². The predicted molar refractivity (Wildman–Crippen MR) is 115 cm³/mol. The number of likely N-dealkylation sites (N-methyl/N-ethyl adjacent to an activating group) is 1. The Morgan fingerprint density at radius 1 is 1.10 bits per heavy atom. The summed E-state index contributed by atoms with van der Waals surface area (Å²) in [5.74, 6) is -0.157. The molecule has 2 heterocycles. The summed E-state index contributed by atoms with van der Waals surface area (Å²) >= 11 is 0. The summed E-state index contributed by atoms with van der Waals surface area (Å²) in [6.07, 6.45) is 0.857. The Bertz CT molecular complexity index is 1130. The standard InChI is InChI=1S/C23H21FN4O3/c1-28-19-11-5-3-9-17(19)20(16-8-2-4-10-18(16)24)26-21(22(28)29)27-23(30)25-13-12-15-7-6-14-31-15/h2-11,14,21H,12-13H2,1H3,(H2,25,27,30). The zero-order valence-corrected chi connectivity index (χ0v) is 16.8. The Kier molecular flexibility index (Phi) is 5.79. The number of urea groups is 1. The van der Waals surface area contributed by atoms with Crippen molar-refractivity contribution in [2.45, 2.75) is 12.6 Å². The Balaban J connectivity index is 1.61. The highest BCUT2D eigenvalue weighted by Gasteiger charge is 2.31. The van der Waals surface area contributed by atoms with Crippen LogP contribution < -0.4 is 15.5 Å². The Hall–Kier alpha value is -3.94. The summed E-state index contributed by atoms with van der Waals surface area (Å²) in [6, 6.07) is 16.4. The first-order valence-electron chi connectivity index (χ1n) is 9.81. The summed E-state index contributed by atoms with van der Waals surface area (Å²) < 4.78 is 19.8. The van der Waals surface area contributed by atoms with Gasteiger partial charge in [-0.15, -0.1) is 0 Å². The maximum Gasteiger partial charge on any atom is 0.316 e. The lowest BCUT2D eigenvalue weighted by molar-refractivity contribution is -0.119. The van der Waals surface area contributed by atoms with Crippen molar-refractivity contribution in [1.29, 1.82) is 0 Å². The summed E-state index contributed by atoms with van der Waals surface area (Å²) in [5, 5.41) is 5.28. The van der Waals surface area contributed by atoms with Gasteiger partial charge in [-0.25, -0.2) is 14.2 Å². The van der Waals surface area contributed by atoms with E-state index < -0.39 is 23.9 Å². The highest BCUT2D eigenvalue weighted by molar-refractivity contribution is 6.20. The van der Waals surface area contributed by atoms with Gasteiger partial charge in [0.15, 0.2) is 0 Å². The Morgan fingerprint density at radius 3 is 2.58 bits per heavy atom. The van der Waals surface area contributed by atoms with E-state index in [0.29, 0.717) is 29.9 Å². The number of aliphatic imine (C=N–C) groups is 1. The molecular formula is C23H21FN4O3. The van der Waals surface area contributed by atoms with E-state index in [1.54, 1.807) is 61.8 Å². The van der Waals surface area contributed by atoms with E-state index in [1.807, 2.05) is 6.07 Å². The third-order valence-corrected chi connectivity index (χ3v) is 4.98. The number of carbonyl (C=O) groups excluding carboxylic acids is 2. The number of nitrogens with zero attached hydrogens (tertiary/aromatic N) is 2. The number of rotatable bonds is 5. The normalized spacial score (nSPS) is 15.7. The zero-order chi connectivity index (χ0) is 21.8. The van der Waals surface area contributed by atoms with Crippen molar-refractivity contribution in [2.24, 2.45) is 4.99 Å². The Morgan fingerprint density at radius 2 is 1.84 bits per heavy atom. The maximum absolute atomic E-state index is 14.6. The molecule has 158 valence electrons. The molecule has 4 rings (SSSR count). The molecule has 0 spiro atoms. The molecule has 0 saturated heterocycles. The van der Waals surface area contributed by atoms with Crippen molar-refractivity contribution in [3.05, 3.63) is 89.6 Å². The lowest BCUT2D eigenvalue weighted by Crippen LogP contribution is -2.49. The molecule has 2 N–H and O–H groups in total. The molecule has 0 fully saturated rings. The van der Waals surface area contributed by atoms with Crippen molar-refractivity contribution < 1.29 is 18.4 Å². The van der Waals surface area contributed by atoms with E-state index in [1.165, 1.54) is 11.0 Å². The largest absolute Gasteiger partial charge is 0.469 e. The molecule has 2 aromatic carbocycles. The molecule has 3 amide bonds. The zero-order valence-electron chi connectivity index (χ0n) is 16.8. The second-order valence-electron chi connectivity index (χ2n) is 7.00. The van der Waals surface area contributed by atoms with Crippen LogP contribution in [0.15, 0.2) is 76.3 Å². The summed E-state index contributed by atoms with van der Waals surface area (Å²) in [6.45, 7) is 0.320. The highest BCUT2D eigenvalue weighted by atomic mass is 19.1. The molecule has 1 unspecified atom stereocenters. The number of benzodiazepines with no additional fused rings is 1. The van der Waals surface area contributed by atoms with Gasteiger partial charge in [0.05, 0.1) is 17.7 Å². The van der Waals surface area contributed by atoms with Crippen molar-refractivity contribution in [3.8, 4) is 0 Å². The molecule has 0 bridgehead atoms. The fraction of sp³-hybridized carbons (Fsp3) is 0.174. The van der Waals surface area contributed by atoms with Crippen molar-refractivity contribution in [2.75, 3.05) is 18.5 Å². The SMILES string of the molecule is CN1C(=O)C(NC(=O)NCCc2ccco2)N=C(c2ccccc2F)c2ccccc21. The second kappa shape index (κ2) is 8.83. The third-order valence-electron chi connectivity index (χ3n) is 4.98. The molecule has 1 atom stereocenters. The van der Waals surface area contributed by atoms with Crippen LogP contribution in [-0.2, 0) is 11.2 Å². The van der Waals surface area contributed by atoms with Gasteiger partial charge in [-0.3, -0.25) is 4.79 Å². The van der Waals surface area contributed by atoms with E-state index in [2.05, 4.69) is 15.6 Å². The molecule has 0 aliphatic carbocycles. The van der Waals surface area contributed by atoms with Crippen LogP contribution in [0.5, 0.6) is 0 Å². The number of nitrogens with one attached hydrogen (secondary N) is 2. The first kappa shape index (κ1) is 20.3. The lowest BCUT2D eigenvalue weighted by Gasteiger charge is -2.21. The topological polar surface area (TPSA) is 86.9 Å². The van der Waals surface area contributed by atoms with Gasteiger partial charge >= 0.3 is 6.03 Å². The van der Waals surface area contributed by atoms with Gasteiger partial charge in [0.1, 0.15) is 11.6 Å². The van der Waals surface area contributed by atoms with Crippen LogP contribution in [0.3, 0.4) is 0 Å². The third kappa shape index (κ3) is 4.32. The quantitative estimate of drug-likeness (QED) is 0.665. The number of hydrogen-bond donors (Lipinski definition) is 2. The number of amides is 3. The molecular weight excluding hydrogens is 399 g/mol. The number of benzene rings is 2. The van der Waals surface area contributed by atoms with Crippen molar-refractivity contribution >= 4 is 23.3 Å². The van der Waals surface area contributed by atoms with Gasteiger partial charge in [-0.1, -0.05) is 30.3 Å². The highest BCUT2D eigenvalue weighted by Crippen LogP contribution is 2.27. The number of anilines is 1. The van der Waals surface area contributed by atoms with Crippen LogP contribution in [0.4, 0.5) is 14.9 Å². The van der Waals surface area contributed by atoms with Crippen LogP contribution in [0, 0.1) is 5.82 Å². The van der Waals surface area contributed by atoms with Crippen molar-refractivity contribution in [1.82, 2.24) is 10.6 Å². The molecule has 3 aromatic rings. The molecule has 0 saturated carbocycles. The summed E-state index contributed by atoms with van der Waals surface area (Å²) in [5.41, 5.74) is 1.73. The van der Waals surface area contributed by atoms with Gasteiger partial charge in [-0.2, -0.15) is 0 Å². The smallest absolute Gasteiger partial charge is 0.316 e. The number of carbonyl (C=O) groups is 2. The van der Waals surface area contributed by atoms with E-state index in [0.717, 1.165) is 5.76 Å². The van der Waals surface area contributed by atoms with E-state index in [4.69, 9.17) is 4.42 Å². The van der Waals surface area contributed by atoms with Crippen LogP contribution in [0.25, 0.3) is 0 Å². The van der Waals surface area contributed by atoms with E-state index in [-0.39, 0.29) is 5.56 Å². The molecule has 7 nitrogen and oxygen atoms in total. The van der Waals surface area contributed by atoms with Gasteiger partial charge in [0.25, 0.3) is 5.91 Å². The molecule has 0 radical (unpaired) electrons. The number of fused-ring (bicyclic) bond motifs is 1. The maximum atomic E-state index is 14.6. The minimum absolute atomic E-state index is 0.253. The number of halogens is 1. The average Bonchev–Trinajstić information content (AvgIpc) is 3.27. The van der Waals surface area contributed by atoms with Gasteiger partial charge in [-0.05, 0) is 30.3 Å². The molecule has 1 aliphatic heterocycles. The lowest BCUT2D eigenvalue weighted by atomic mass is 10.00. The second-order valence-corrected chi connectivity index (χ2v) is 7.00. The van der Waals surface area contributed by atoms with Crippen LogP contribution in [0.2, 0.25) is 0 Å². The molecule has 1 aromatic heterocycles. The molecule has 31 heavy (non-hydrogen) atoms. The summed E-state index contributed by atoms with van der Waals surface area (Å²) in [7, 11) is 1.60. The fourth-order valence-electron chi connectivity index (χ4n) is 3.41. The number of furan rings is 1. The molecule has 8 heteroatoms. The minimum Gasteiger partial charge on any atom is -0.469 e. The number of hydrogen-bond acceptors (Lipinski definition) is 4. The van der Waals surface area contributed by atoms with Gasteiger partial charge in [0, 0.05) is 31.1 Å². The van der Waals surface area contributed by atoms with Crippen LogP contribution in [0.1, 0.15) is 16.9 Å². The van der Waals surface area contributed by atoms with E-state index >= 15 is 0 Å².